The summed E-state index contributed by atoms with van der Waals surface area (Å²) >= 11 is 0. The summed E-state index contributed by atoms with van der Waals surface area (Å²) in [5.74, 6) is 0.620. The molecule has 1 N–H and O–H groups in total. The summed E-state index contributed by atoms with van der Waals surface area (Å²) in [6.07, 6.45) is 2.72. The summed E-state index contributed by atoms with van der Waals surface area (Å²) in [5, 5.41) is 3.14. The minimum atomic E-state index is -0.214. The fourth-order valence-electron chi connectivity index (χ4n) is 3.67. The monoisotopic (exact) mass is 367 g/mol. The number of nitrogens with zero attached hydrogens (tertiary/aromatic N) is 2. The highest BCUT2D eigenvalue weighted by Crippen LogP contribution is 2.22. The molecule has 0 aliphatic carbocycles. The number of carbonyl (C=O) groups excluding carboxylic acids is 1. The van der Waals surface area contributed by atoms with Gasteiger partial charge in [0.05, 0.1) is 12.6 Å². The van der Waals surface area contributed by atoms with Crippen molar-refractivity contribution in [3.63, 3.8) is 0 Å². The SMILES string of the molecule is O=C(CCN1Cc2ccccc2C1)N[C@H]1CCOC[C@@H]1Oc1ccccn1. The molecule has 3 heterocycles. The van der Waals surface area contributed by atoms with Gasteiger partial charge in [0.1, 0.15) is 6.10 Å². The van der Waals surface area contributed by atoms with E-state index in [0.717, 1.165) is 26.1 Å². The molecule has 0 unspecified atom stereocenters. The zero-order valence-electron chi connectivity index (χ0n) is 15.3. The van der Waals surface area contributed by atoms with Gasteiger partial charge < -0.3 is 14.8 Å². The standard InChI is InChI=1S/C21H25N3O3/c25-20(8-11-24-13-16-5-1-2-6-17(16)14-24)23-18-9-12-26-15-19(18)27-21-7-3-4-10-22-21/h1-7,10,18-19H,8-9,11-15H2,(H,23,25)/t18-,19-/m0/s1. The molecule has 2 aliphatic rings. The molecule has 6 nitrogen and oxygen atoms in total. The van der Waals surface area contributed by atoms with Crippen molar-refractivity contribution in [2.75, 3.05) is 19.8 Å². The van der Waals surface area contributed by atoms with Crippen LogP contribution in [-0.4, -0.2) is 47.7 Å². The van der Waals surface area contributed by atoms with E-state index in [1.165, 1.54) is 11.1 Å². The molecule has 1 aromatic heterocycles. The van der Waals surface area contributed by atoms with E-state index in [2.05, 4.69) is 39.5 Å². The van der Waals surface area contributed by atoms with Gasteiger partial charge in [-0.25, -0.2) is 4.98 Å². The Morgan fingerprint density at radius 1 is 1.19 bits per heavy atom. The van der Waals surface area contributed by atoms with Gasteiger partial charge in [-0.2, -0.15) is 0 Å². The average molecular weight is 367 g/mol. The second-order valence-electron chi connectivity index (χ2n) is 7.09. The van der Waals surface area contributed by atoms with Crippen molar-refractivity contribution in [1.82, 2.24) is 15.2 Å². The first-order chi connectivity index (χ1) is 13.3. The van der Waals surface area contributed by atoms with Crippen LogP contribution in [0.2, 0.25) is 0 Å². The van der Waals surface area contributed by atoms with E-state index in [0.29, 0.717) is 25.5 Å². The number of nitrogens with one attached hydrogen (secondary N) is 1. The number of rotatable bonds is 6. The number of hydrogen-bond donors (Lipinski definition) is 1. The lowest BCUT2D eigenvalue weighted by atomic mass is 10.1. The van der Waals surface area contributed by atoms with Crippen molar-refractivity contribution in [2.24, 2.45) is 0 Å². The Labute approximate surface area is 159 Å². The van der Waals surface area contributed by atoms with Crippen molar-refractivity contribution >= 4 is 5.91 Å². The summed E-state index contributed by atoms with van der Waals surface area (Å²) in [5.41, 5.74) is 2.73. The van der Waals surface area contributed by atoms with Crippen LogP contribution in [0, 0.1) is 0 Å². The Bertz CT molecular complexity index is 743. The predicted octanol–water partition coefficient (Wildman–Crippen LogP) is 2.14. The minimum Gasteiger partial charge on any atom is -0.470 e. The molecule has 0 saturated carbocycles. The lowest BCUT2D eigenvalue weighted by molar-refractivity contribution is -0.124. The lowest BCUT2D eigenvalue weighted by Gasteiger charge is -2.32. The first-order valence-electron chi connectivity index (χ1n) is 9.52. The van der Waals surface area contributed by atoms with E-state index in [1.807, 2.05) is 18.2 Å². The largest absolute Gasteiger partial charge is 0.470 e. The molecule has 2 aliphatic heterocycles. The van der Waals surface area contributed by atoms with E-state index in [9.17, 15) is 4.79 Å². The van der Waals surface area contributed by atoms with Crippen LogP contribution in [0.3, 0.4) is 0 Å². The zero-order chi connectivity index (χ0) is 18.5. The van der Waals surface area contributed by atoms with E-state index >= 15 is 0 Å². The topological polar surface area (TPSA) is 63.7 Å². The molecule has 1 amide bonds. The molecule has 2 atom stereocenters. The number of pyridine rings is 1. The molecule has 0 spiro atoms. The maximum absolute atomic E-state index is 12.5. The first-order valence-corrected chi connectivity index (χ1v) is 9.52. The summed E-state index contributed by atoms with van der Waals surface area (Å²) < 4.78 is 11.5. The van der Waals surface area contributed by atoms with E-state index in [4.69, 9.17) is 9.47 Å². The maximum atomic E-state index is 12.5. The number of carbonyl (C=O) groups is 1. The van der Waals surface area contributed by atoms with Gasteiger partial charge in [-0.05, 0) is 23.6 Å². The first kappa shape index (κ1) is 17.9. The molecule has 27 heavy (non-hydrogen) atoms. The Balaban J connectivity index is 1.26. The molecule has 142 valence electrons. The third-order valence-corrected chi connectivity index (χ3v) is 5.12. The Morgan fingerprint density at radius 2 is 1.96 bits per heavy atom. The molecular formula is C21H25N3O3. The fourth-order valence-corrected chi connectivity index (χ4v) is 3.67. The van der Waals surface area contributed by atoms with Crippen LogP contribution in [0.4, 0.5) is 0 Å². The van der Waals surface area contributed by atoms with Gasteiger partial charge in [-0.3, -0.25) is 9.69 Å². The summed E-state index contributed by atoms with van der Waals surface area (Å²) in [4.78, 5) is 19.0. The summed E-state index contributed by atoms with van der Waals surface area (Å²) in [6.45, 7) is 3.70. The second-order valence-corrected chi connectivity index (χ2v) is 7.09. The van der Waals surface area contributed by atoms with E-state index in [1.54, 1.807) is 6.20 Å². The van der Waals surface area contributed by atoms with Gasteiger partial charge in [-0.1, -0.05) is 30.3 Å². The van der Waals surface area contributed by atoms with Crippen LogP contribution in [0.5, 0.6) is 5.88 Å². The normalized spacial score (nSPS) is 22.2. The maximum Gasteiger partial charge on any atom is 0.221 e. The van der Waals surface area contributed by atoms with Crippen LogP contribution >= 0.6 is 0 Å². The third-order valence-electron chi connectivity index (χ3n) is 5.12. The van der Waals surface area contributed by atoms with Crippen LogP contribution in [0.1, 0.15) is 24.0 Å². The van der Waals surface area contributed by atoms with Gasteiger partial charge in [-0.15, -0.1) is 0 Å². The number of fused-ring (bicyclic) bond motifs is 1. The quantitative estimate of drug-likeness (QED) is 0.848. The Hall–Kier alpha value is -2.44. The Morgan fingerprint density at radius 3 is 2.70 bits per heavy atom. The zero-order valence-corrected chi connectivity index (χ0v) is 15.3. The third kappa shape index (κ3) is 4.64. The van der Waals surface area contributed by atoms with Gasteiger partial charge in [0.25, 0.3) is 0 Å². The molecule has 1 aromatic carbocycles. The van der Waals surface area contributed by atoms with Gasteiger partial charge in [0, 0.05) is 44.9 Å². The van der Waals surface area contributed by atoms with Crippen molar-refractivity contribution in [3.8, 4) is 5.88 Å². The minimum absolute atomic E-state index is 0.0518. The van der Waals surface area contributed by atoms with Crippen molar-refractivity contribution < 1.29 is 14.3 Å². The molecule has 6 heteroatoms. The van der Waals surface area contributed by atoms with Crippen LogP contribution in [0.15, 0.2) is 48.7 Å². The van der Waals surface area contributed by atoms with Crippen molar-refractivity contribution in [1.29, 1.82) is 0 Å². The molecule has 2 aromatic rings. The second kappa shape index (κ2) is 8.50. The van der Waals surface area contributed by atoms with Gasteiger partial charge in [0.15, 0.2) is 0 Å². The number of amides is 1. The van der Waals surface area contributed by atoms with Crippen molar-refractivity contribution in [3.05, 3.63) is 59.8 Å². The highest BCUT2D eigenvalue weighted by Gasteiger charge is 2.29. The number of hydrogen-bond acceptors (Lipinski definition) is 5. The van der Waals surface area contributed by atoms with Crippen LogP contribution < -0.4 is 10.1 Å². The average Bonchev–Trinajstić information content (AvgIpc) is 3.12. The Kier molecular flexibility index (Phi) is 5.65. The number of aromatic nitrogens is 1. The van der Waals surface area contributed by atoms with Gasteiger partial charge >= 0.3 is 0 Å². The van der Waals surface area contributed by atoms with Crippen LogP contribution in [0.25, 0.3) is 0 Å². The highest BCUT2D eigenvalue weighted by atomic mass is 16.5. The summed E-state index contributed by atoms with van der Waals surface area (Å²) in [7, 11) is 0. The predicted molar refractivity (Wildman–Crippen MR) is 101 cm³/mol. The molecule has 0 bridgehead atoms. The molecule has 0 radical (unpaired) electrons. The number of ether oxygens (including phenoxy) is 2. The molecule has 1 fully saturated rings. The smallest absolute Gasteiger partial charge is 0.221 e. The van der Waals surface area contributed by atoms with E-state index < -0.39 is 0 Å². The van der Waals surface area contributed by atoms with Gasteiger partial charge in [0.2, 0.25) is 11.8 Å². The fraction of sp³-hybridized carbons (Fsp3) is 0.429. The summed E-state index contributed by atoms with van der Waals surface area (Å²) in [6, 6.07) is 14.0. The highest BCUT2D eigenvalue weighted by molar-refractivity contribution is 5.76. The molecular weight excluding hydrogens is 342 g/mol. The molecule has 1 saturated heterocycles. The number of benzene rings is 1. The van der Waals surface area contributed by atoms with E-state index in [-0.39, 0.29) is 18.1 Å². The van der Waals surface area contributed by atoms with Crippen LogP contribution in [-0.2, 0) is 22.6 Å². The van der Waals surface area contributed by atoms with Crippen molar-refractivity contribution in [2.45, 2.75) is 38.1 Å². The lowest BCUT2D eigenvalue weighted by Crippen LogP contribution is -2.51. The molecule has 4 rings (SSSR count).